The van der Waals surface area contributed by atoms with Crippen LogP contribution in [0.3, 0.4) is 0 Å². The highest BCUT2D eigenvalue weighted by atomic mass is 35.5. The molecule has 16 heavy (non-hydrogen) atoms. The Labute approximate surface area is 98.4 Å². The van der Waals surface area contributed by atoms with Crippen molar-refractivity contribution in [3.63, 3.8) is 0 Å². The number of carbonyl (C=O) groups excluding carboxylic acids is 2. The van der Waals surface area contributed by atoms with Gasteiger partial charge in [0.2, 0.25) is 5.91 Å². The zero-order valence-corrected chi connectivity index (χ0v) is 9.78. The fraction of sp³-hybridized carbons (Fsp3) is 0.273. The van der Waals surface area contributed by atoms with Crippen LogP contribution in [0.25, 0.3) is 0 Å². The number of hydrogen-bond acceptors (Lipinski definition) is 2. The summed E-state index contributed by atoms with van der Waals surface area (Å²) in [4.78, 5) is 26.6. The van der Waals surface area contributed by atoms with Gasteiger partial charge in [-0.25, -0.2) is 0 Å². The summed E-state index contributed by atoms with van der Waals surface area (Å²) in [6.45, 7) is 0.0850. The summed E-state index contributed by atoms with van der Waals surface area (Å²) in [6, 6.07) is 4.94. The molecule has 0 aliphatic carbocycles. The van der Waals surface area contributed by atoms with Gasteiger partial charge in [0.15, 0.2) is 0 Å². The topological polar surface area (TPSA) is 40.6 Å². The van der Waals surface area contributed by atoms with Crippen LogP contribution in [-0.2, 0) is 4.79 Å². The van der Waals surface area contributed by atoms with E-state index in [1.165, 1.54) is 9.80 Å². The predicted molar refractivity (Wildman–Crippen MR) is 61.8 cm³/mol. The van der Waals surface area contributed by atoms with Crippen LogP contribution < -0.4 is 4.90 Å². The lowest BCUT2D eigenvalue weighted by atomic mass is 10.1. The maximum absolute atomic E-state index is 12.0. The van der Waals surface area contributed by atoms with E-state index in [2.05, 4.69) is 0 Å². The first-order valence-electron chi connectivity index (χ1n) is 4.82. The lowest BCUT2D eigenvalue weighted by Gasteiger charge is -2.16. The molecule has 1 aromatic rings. The van der Waals surface area contributed by atoms with Crippen molar-refractivity contribution in [1.82, 2.24) is 4.90 Å². The molecule has 0 N–H and O–H groups in total. The van der Waals surface area contributed by atoms with Crippen LogP contribution in [0.2, 0.25) is 5.02 Å². The van der Waals surface area contributed by atoms with Gasteiger partial charge in [0.1, 0.15) is 6.54 Å². The van der Waals surface area contributed by atoms with E-state index in [9.17, 15) is 9.59 Å². The van der Waals surface area contributed by atoms with E-state index >= 15 is 0 Å². The third-order valence-corrected chi connectivity index (χ3v) is 2.88. The smallest absolute Gasteiger partial charge is 0.256 e. The van der Waals surface area contributed by atoms with Gasteiger partial charge in [-0.1, -0.05) is 11.6 Å². The van der Waals surface area contributed by atoms with Gasteiger partial charge in [-0.15, -0.1) is 0 Å². The van der Waals surface area contributed by atoms with Crippen LogP contribution in [0.4, 0.5) is 5.69 Å². The summed E-state index contributed by atoms with van der Waals surface area (Å²) in [7, 11) is 3.26. The Morgan fingerprint density at radius 1 is 1.25 bits per heavy atom. The number of amides is 2. The molecular formula is C11H11ClN2O2. The van der Waals surface area contributed by atoms with Crippen LogP contribution in [0.15, 0.2) is 18.2 Å². The van der Waals surface area contributed by atoms with Gasteiger partial charge in [0.25, 0.3) is 5.91 Å². The lowest BCUT2D eigenvalue weighted by molar-refractivity contribution is -0.118. The molecule has 0 saturated heterocycles. The lowest BCUT2D eigenvalue weighted by Crippen LogP contribution is -2.35. The van der Waals surface area contributed by atoms with Crippen molar-refractivity contribution in [2.45, 2.75) is 0 Å². The highest BCUT2D eigenvalue weighted by molar-refractivity contribution is 6.31. The Hall–Kier alpha value is -1.55. The van der Waals surface area contributed by atoms with E-state index in [1.54, 1.807) is 32.3 Å². The minimum Gasteiger partial charge on any atom is -0.332 e. The first-order chi connectivity index (χ1) is 7.50. The Morgan fingerprint density at radius 3 is 2.62 bits per heavy atom. The van der Waals surface area contributed by atoms with Crippen molar-refractivity contribution in [2.24, 2.45) is 0 Å². The number of hydrogen-bond donors (Lipinski definition) is 0. The van der Waals surface area contributed by atoms with E-state index in [-0.39, 0.29) is 18.4 Å². The molecule has 0 bridgehead atoms. The number of likely N-dealkylation sites (N-methyl/N-ethyl adjacent to an activating group) is 2. The van der Waals surface area contributed by atoms with Crippen LogP contribution in [-0.4, -0.2) is 37.4 Å². The number of anilines is 1. The molecule has 2 rings (SSSR count). The van der Waals surface area contributed by atoms with Crippen LogP contribution in [0.1, 0.15) is 10.4 Å². The molecule has 4 nitrogen and oxygen atoms in total. The van der Waals surface area contributed by atoms with E-state index in [4.69, 9.17) is 11.6 Å². The summed E-state index contributed by atoms with van der Waals surface area (Å²) in [5.74, 6) is -0.299. The van der Waals surface area contributed by atoms with E-state index in [1.807, 2.05) is 0 Å². The molecule has 1 aliphatic heterocycles. The van der Waals surface area contributed by atoms with Crippen LogP contribution in [0, 0.1) is 0 Å². The van der Waals surface area contributed by atoms with E-state index < -0.39 is 0 Å². The third-order valence-electron chi connectivity index (χ3n) is 2.64. The normalized spacial score (nSPS) is 16.2. The monoisotopic (exact) mass is 238 g/mol. The second-order valence-electron chi connectivity index (χ2n) is 3.78. The highest BCUT2D eigenvalue weighted by Crippen LogP contribution is 2.26. The molecule has 1 aromatic carbocycles. The van der Waals surface area contributed by atoms with Gasteiger partial charge in [0, 0.05) is 19.1 Å². The van der Waals surface area contributed by atoms with Crippen molar-refractivity contribution in [3.8, 4) is 0 Å². The minimum atomic E-state index is -0.185. The Kier molecular flexibility index (Phi) is 2.59. The third kappa shape index (κ3) is 1.65. The fourth-order valence-electron chi connectivity index (χ4n) is 1.69. The summed E-state index contributed by atoms with van der Waals surface area (Å²) < 4.78 is 0. The second-order valence-corrected chi connectivity index (χ2v) is 4.21. The molecule has 0 unspecified atom stereocenters. The van der Waals surface area contributed by atoms with Crippen LogP contribution in [0.5, 0.6) is 0 Å². The summed E-state index contributed by atoms with van der Waals surface area (Å²) in [6.07, 6.45) is 0. The summed E-state index contributed by atoms with van der Waals surface area (Å²) in [5, 5.41) is 0.489. The molecular weight excluding hydrogens is 228 g/mol. The average Bonchev–Trinajstić information content (AvgIpc) is 2.32. The van der Waals surface area contributed by atoms with Crippen molar-refractivity contribution < 1.29 is 9.59 Å². The molecule has 1 aliphatic rings. The molecule has 0 radical (unpaired) electrons. The molecule has 0 fully saturated rings. The van der Waals surface area contributed by atoms with Gasteiger partial charge in [-0.2, -0.15) is 0 Å². The molecule has 0 saturated carbocycles. The quantitative estimate of drug-likeness (QED) is 0.685. The zero-order chi connectivity index (χ0) is 11.9. The van der Waals surface area contributed by atoms with Crippen molar-refractivity contribution in [2.75, 3.05) is 25.5 Å². The standard InChI is InChI=1S/C11H11ClN2O2/c1-13-6-10(15)14(2)9-4-3-7(12)5-8(9)11(13)16/h3-5H,6H2,1-2H3. The van der Waals surface area contributed by atoms with Gasteiger partial charge in [-0.3, -0.25) is 9.59 Å². The highest BCUT2D eigenvalue weighted by Gasteiger charge is 2.27. The van der Waals surface area contributed by atoms with Crippen molar-refractivity contribution in [1.29, 1.82) is 0 Å². The molecule has 84 valence electrons. The first-order valence-corrected chi connectivity index (χ1v) is 5.20. The number of nitrogens with zero attached hydrogens (tertiary/aromatic N) is 2. The number of halogens is 1. The zero-order valence-electron chi connectivity index (χ0n) is 9.03. The second kappa shape index (κ2) is 3.79. The van der Waals surface area contributed by atoms with Gasteiger partial charge < -0.3 is 9.80 Å². The van der Waals surface area contributed by atoms with Crippen molar-refractivity contribution in [3.05, 3.63) is 28.8 Å². The largest absolute Gasteiger partial charge is 0.332 e. The van der Waals surface area contributed by atoms with Gasteiger partial charge in [0.05, 0.1) is 11.3 Å². The number of benzene rings is 1. The molecule has 0 aromatic heterocycles. The van der Waals surface area contributed by atoms with Gasteiger partial charge >= 0.3 is 0 Å². The van der Waals surface area contributed by atoms with E-state index in [0.29, 0.717) is 16.3 Å². The number of carbonyl (C=O) groups is 2. The molecule has 5 heteroatoms. The van der Waals surface area contributed by atoms with E-state index in [0.717, 1.165) is 0 Å². The Morgan fingerprint density at radius 2 is 1.94 bits per heavy atom. The molecule has 2 amide bonds. The number of rotatable bonds is 0. The van der Waals surface area contributed by atoms with Gasteiger partial charge in [-0.05, 0) is 18.2 Å². The maximum Gasteiger partial charge on any atom is 0.256 e. The SMILES string of the molecule is CN1CC(=O)N(C)c2ccc(Cl)cc2C1=O. The minimum absolute atomic E-state index is 0.0850. The number of fused-ring (bicyclic) bond motifs is 1. The Balaban J connectivity index is 2.62. The molecule has 1 heterocycles. The maximum atomic E-state index is 12.0. The predicted octanol–water partition coefficient (Wildman–Crippen LogP) is 1.39. The fourth-order valence-corrected chi connectivity index (χ4v) is 1.86. The van der Waals surface area contributed by atoms with Crippen LogP contribution >= 0.6 is 11.6 Å². The summed E-state index contributed by atoms with van der Waals surface area (Å²) >= 11 is 5.85. The molecule has 0 atom stereocenters. The van der Waals surface area contributed by atoms with Crippen molar-refractivity contribution >= 4 is 29.1 Å². The summed E-state index contributed by atoms with van der Waals surface area (Å²) in [5.41, 5.74) is 1.06. The average molecular weight is 239 g/mol. The first kappa shape index (κ1) is 11.0. The molecule has 0 spiro atoms. The Bertz CT molecular complexity index is 473.